The van der Waals surface area contributed by atoms with E-state index < -0.39 is 11.7 Å². The average Bonchev–Trinajstić information content (AvgIpc) is 2.67. The molecule has 0 unspecified atom stereocenters. The molecular weight excluding hydrogens is 415 g/mol. The lowest BCUT2D eigenvalue weighted by molar-refractivity contribution is 0.102. The average molecular weight is 439 g/mol. The van der Waals surface area contributed by atoms with Crippen molar-refractivity contribution in [3.8, 4) is 11.5 Å². The molecule has 0 saturated carbocycles. The van der Waals surface area contributed by atoms with Crippen LogP contribution < -0.4 is 14.8 Å². The zero-order valence-corrected chi connectivity index (χ0v) is 17.3. The summed E-state index contributed by atoms with van der Waals surface area (Å²) in [6, 6.07) is 9.30. The van der Waals surface area contributed by atoms with Gasteiger partial charge in [0.2, 0.25) is 0 Å². The number of rotatable bonds is 9. The summed E-state index contributed by atoms with van der Waals surface area (Å²) in [5.74, 6) is -0.0219. The van der Waals surface area contributed by atoms with Gasteiger partial charge in [-0.15, -0.1) is 0 Å². The van der Waals surface area contributed by atoms with E-state index in [1.165, 1.54) is 12.1 Å². The Hall–Kier alpha value is -2.12. The maximum atomic E-state index is 13.9. The third kappa shape index (κ3) is 5.94. The Kier molecular flexibility index (Phi) is 8.06. The normalized spacial score (nSPS) is 10.7. The number of ether oxygens (including phenoxy) is 2. The highest BCUT2D eigenvalue weighted by molar-refractivity contribution is 9.10. The SMILES string of the molecule is CCN(CC)CCOc1cc(NC(=O)c2cc(Br)ccc2F)ccc1OC. The quantitative estimate of drug-likeness (QED) is 0.622. The molecule has 0 bridgehead atoms. The number of nitrogens with one attached hydrogen (secondary N) is 1. The van der Waals surface area contributed by atoms with Crippen LogP contribution in [0, 0.1) is 5.82 Å². The molecule has 146 valence electrons. The van der Waals surface area contributed by atoms with Crippen LogP contribution in [0.15, 0.2) is 40.9 Å². The molecule has 0 aromatic heterocycles. The number of carbonyl (C=O) groups excluding carboxylic acids is 1. The number of halogens is 2. The van der Waals surface area contributed by atoms with Gasteiger partial charge in [0.15, 0.2) is 11.5 Å². The van der Waals surface area contributed by atoms with Crippen molar-refractivity contribution in [1.29, 1.82) is 0 Å². The van der Waals surface area contributed by atoms with Gasteiger partial charge in [-0.25, -0.2) is 4.39 Å². The number of hydrogen-bond acceptors (Lipinski definition) is 4. The molecule has 2 rings (SSSR count). The van der Waals surface area contributed by atoms with Crippen LogP contribution in [0.25, 0.3) is 0 Å². The molecule has 5 nitrogen and oxygen atoms in total. The van der Waals surface area contributed by atoms with Crippen molar-refractivity contribution in [1.82, 2.24) is 4.90 Å². The van der Waals surface area contributed by atoms with Crippen LogP contribution in [0.1, 0.15) is 24.2 Å². The third-order valence-corrected chi connectivity index (χ3v) is 4.65. The van der Waals surface area contributed by atoms with Gasteiger partial charge in [-0.3, -0.25) is 4.79 Å². The Labute approximate surface area is 167 Å². The van der Waals surface area contributed by atoms with Crippen molar-refractivity contribution in [3.05, 3.63) is 52.3 Å². The molecule has 2 aromatic carbocycles. The summed E-state index contributed by atoms with van der Waals surface area (Å²) in [7, 11) is 1.56. The van der Waals surface area contributed by atoms with E-state index in [0.717, 1.165) is 19.6 Å². The maximum absolute atomic E-state index is 13.9. The monoisotopic (exact) mass is 438 g/mol. The lowest BCUT2D eigenvalue weighted by atomic mass is 10.2. The topological polar surface area (TPSA) is 50.8 Å². The van der Waals surface area contributed by atoms with Crippen LogP contribution >= 0.6 is 15.9 Å². The highest BCUT2D eigenvalue weighted by Crippen LogP contribution is 2.30. The Morgan fingerprint density at radius 1 is 1.15 bits per heavy atom. The summed E-state index contributed by atoms with van der Waals surface area (Å²) >= 11 is 3.25. The van der Waals surface area contributed by atoms with Gasteiger partial charge in [-0.05, 0) is 43.4 Å². The molecule has 7 heteroatoms. The van der Waals surface area contributed by atoms with Gasteiger partial charge < -0.3 is 19.7 Å². The highest BCUT2D eigenvalue weighted by atomic mass is 79.9. The van der Waals surface area contributed by atoms with Gasteiger partial charge in [0.25, 0.3) is 5.91 Å². The minimum Gasteiger partial charge on any atom is -0.493 e. The fraction of sp³-hybridized carbons (Fsp3) is 0.350. The van der Waals surface area contributed by atoms with E-state index in [0.29, 0.717) is 28.3 Å². The fourth-order valence-electron chi connectivity index (χ4n) is 2.56. The molecule has 0 heterocycles. The molecule has 0 saturated heterocycles. The van der Waals surface area contributed by atoms with Crippen LogP contribution in [-0.2, 0) is 0 Å². The van der Waals surface area contributed by atoms with E-state index in [9.17, 15) is 9.18 Å². The second-order valence-electron chi connectivity index (χ2n) is 5.82. The fourth-order valence-corrected chi connectivity index (χ4v) is 2.92. The smallest absolute Gasteiger partial charge is 0.258 e. The molecule has 0 atom stereocenters. The third-order valence-electron chi connectivity index (χ3n) is 4.15. The number of benzene rings is 2. The zero-order valence-electron chi connectivity index (χ0n) is 15.7. The van der Waals surface area contributed by atoms with Crippen LogP contribution in [0.5, 0.6) is 11.5 Å². The van der Waals surface area contributed by atoms with Crippen LogP contribution in [-0.4, -0.2) is 44.2 Å². The number of hydrogen-bond donors (Lipinski definition) is 1. The summed E-state index contributed by atoms with van der Waals surface area (Å²) in [4.78, 5) is 14.6. The predicted molar refractivity (Wildman–Crippen MR) is 108 cm³/mol. The van der Waals surface area contributed by atoms with E-state index in [4.69, 9.17) is 9.47 Å². The molecule has 0 spiro atoms. The Balaban J connectivity index is 2.11. The van der Waals surface area contributed by atoms with Crippen molar-refractivity contribution in [2.45, 2.75) is 13.8 Å². The van der Waals surface area contributed by atoms with Crippen molar-refractivity contribution >= 4 is 27.5 Å². The van der Waals surface area contributed by atoms with Gasteiger partial charge in [0.1, 0.15) is 12.4 Å². The van der Waals surface area contributed by atoms with Crippen LogP contribution in [0.3, 0.4) is 0 Å². The largest absolute Gasteiger partial charge is 0.493 e. The molecule has 2 aromatic rings. The minimum absolute atomic E-state index is 0.0378. The summed E-state index contributed by atoms with van der Waals surface area (Å²) < 4.78 is 25.7. The van der Waals surface area contributed by atoms with Crippen LogP contribution in [0.4, 0.5) is 10.1 Å². The first-order chi connectivity index (χ1) is 13.0. The Bertz CT molecular complexity index is 782. The molecular formula is C20H24BrFN2O3. The molecule has 27 heavy (non-hydrogen) atoms. The van der Waals surface area contributed by atoms with E-state index >= 15 is 0 Å². The Morgan fingerprint density at radius 2 is 1.89 bits per heavy atom. The standard InChI is InChI=1S/C20H24BrFN2O3/c1-4-24(5-2)10-11-27-19-13-15(7-9-18(19)26-3)23-20(25)16-12-14(21)6-8-17(16)22/h6-9,12-13H,4-5,10-11H2,1-3H3,(H,23,25). The van der Waals surface area contributed by atoms with Gasteiger partial charge >= 0.3 is 0 Å². The summed E-state index contributed by atoms with van der Waals surface area (Å²) in [6.07, 6.45) is 0. The molecule has 0 aliphatic carbocycles. The van der Waals surface area contributed by atoms with E-state index in [-0.39, 0.29) is 5.56 Å². The minimum atomic E-state index is -0.583. The molecule has 0 fully saturated rings. The first kappa shape index (κ1) is 21.2. The Morgan fingerprint density at radius 3 is 2.56 bits per heavy atom. The number of anilines is 1. The second-order valence-corrected chi connectivity index (χ2v) is 6.73. The van der Waals surface area contributed by atoms with Crippen molar-refractivity contribution in [2.24, 2.45) is 0 Å². The van der Waals surface area contributed by atoms with Gasteiger partial charge in [0, 0.05) is 22.8 Å². The molecule has 1 amide bonds. The van der Waals surface area contributed by atoms with Gasteiger partial charge in [-0.1, -0.05) is 29.8 Å². The second kappa shape index (κ2) is 10.3. The van der Waals surface area contributed by atoms with Crippen molar-refractivity contribution in [2.75, 3.05) is 38.7 Å². The zero-order chi connectivity index (χ0) is 19.8. The van der Waals surface area contributed by atoms with E-state index in [1.807, 2.05) is 0 Å². The van der Waals surface area contributed by atoms with Crippen LogP contribution in [0.2, 0.25) is 0 Å². The first-order valence-electron chi connectivity index (χ1n) is 8.78. The lowest BCUT2D eigenvalue weighted by Crippen LogP contribution is -2.28. The number of nitrogens with zero attached hydrogens (tertiary/aromatic N) is 1. The van der Waals surface area contributed by atoms with E-state index in [1.54, 1.807) is 31.4 Å². The van der Waals surface area contributed by atoms with Gasteiger partial charge in [-0.2, -0.15) is 0 Å². The molecule has 1 N–H and O–H groups in total. The molecule has 0 radical (unpaired) electrons. The van der Waals surface area contributed by atoms with Crippen molar-refractivity contribution in [3.63, 3.8) is 0 Å². The van der Waals surface area contributed by atoms with E-state index in [2.05, 4.69) is 40.0 Å². The number of likely N-dealkylation sites (N-methyl/N-ethyl adjacent to an activating group) is 1. The maximum Gasteiger partial charge on any atom is 0.258 e. The van der Waals surface area contributed by atoms with Gasteiger partial charge in [0.05, 0.1) is 12.7 Å². The highest BCUT2D eigenvalue weighted by Gasteiger charge is 2.14. The predicted octanol–water partition coefficient (Wildman–Crippen LogP) is 4.57. The van der Waals surface area contributed by atoms with Crippen molar-refractivity contribution < 1.29 is 18.7 Å². The molecule has 0 aliphatic heterocycles. The summed E-state index contributed by atoms with van der Waals surface area (Å²) in [6.45, 7) is 7.38. The summed E-state index contributed by atoms with van der Waals surface area (Å²) in [5.41, 5.74) is 0.460. The number of carbonyl (C=O) groups is 1. The number of amides is 1. The number of methoxy groups -OCH3 is 1. The lowest BCUT2D eigenvalue weighted by Gasteiger charge is -2.19. The first-order valence-corrected chi connectivity index (χ1v) is 9.57. The summed E-state index contributed by atoms with van der Waals surface area (Å²) in [5, 5.41) is 2.69. The molecule has 0 aliphatic rings.